The zero-order chi connectivity index (χ0) is 17.1. The summed E-state index contributed by atoms with van der Waals surface area (Å²) in [6.07, 6.45) is 0. The average Bonchev–Trinajstić information content (AvgIpc) is 2.86. The van der Waals surface area contributed by atoms with E-state index < -0.39 is 0 Å². The van der Waals surface area contributed by atoms with Crippen LogP contribution in [-0.4, -0.2) is 44.1 Å². The molecule has 6 nitrogen and oxygen atoms in total. The van der Waals surface area contributed by atoms with Gasteiger partial charge in [-0.1, -0.05) is 12.1 Å². The van der Waals surface area contributed by atoms with Gasteiger partial charge in [-0.15, -0.1) is 0 Å². The fraction of sp³-hybridized carbons (Fsp3) is 0.222. The van der Waals surface area contributed by atoms with Crippen LogP contribution >= 0.6 is 0 Å². The van der Waals surface area contributed by atoms with E-state index in [1.807, 2.05) is 0 Å². The number of carbonyl (C=O) groups is 2. The normalized spacial score (nSPS) is 13.0. The van der Waals surface area contributed by atoms with Gasteiger partial charge in [0.15, 0.2) is 11.5 Å². The number of ether oxygens (including phenoxy) is 3. The van der Waals surface area contributed by atoms with Crippen molar-refractivity contribution in [3.63, 3.8) is 0 Å². The van der Waals surface area contributed by atoms with Crippen LogP contribution in [0.4, 0.5) is 0 Å². The molecule has 1 heterocycles. The highest BCUT2D eigenvalue weighted by Crippen LogP contribution is 2.31. The molecular formula is C18H17NO5. The Hall–Kier alpha value is -3.02. The molecule has 2 amide bonds. The minimum Gasteiger partial charge on any atom is -0.493 e. The van der Waals surface area contributed by atoms with E-state index in [-0.39, 0.29) is 25.0 Å². The Bertz CT molecular complexity index is 752. The van der Waals surface area contributed by atoms with E-state index >= 15 is 0 Å². The molecule has 0 bridgehead atoms. The summed E-state index contributed by atoms with van der Waals surface area (Å²) in [5.41, 5.74) is 0.877. The van der Waals surface area contributed by atoms with Crippen molar-refractivity contribution in [2.75, 3.05) is 27.4 Å². The number of nitrogens with zero attached hydrogens (tertiary/aromatic N) is 1. The SMILES string of the molecule is COc1ccc(OCCN2C(=O)c3ccccc3C2=O)cc1OC. The second-order valence-corrected chi connectivity index (χ2v) is 5.17. The molecule has 1 aliphatic heterocycles. The molecular weight excluding hydrogens is 310 g/mol. The van der Waals surface area contributed by atoms with Crippen LogP contribution in [0.2, 0.25) is 0 Å². The number of rotatable bonds is 6. The first-order valence-corrected chi connectivity index (χ1v) is 7.45. The molecule has 0 atom stereocenters. The number of amides is 2. The minimum atomic E-state index is -0.286. The molecule has 0 saturated carbocycles. The van der Waals surface area contributed by atoms with Gasteiger partial charge in [-0.2, -0.15) is 0 Å². The highest BCUT2D eigenvalue weighted by molar-refractivity contribution is 6.21. The Balaban J connectivity index is 1.64. The first kappa shape index (κ1) is 15.9. The van der Waals surface area contributed by atoms with Crippen LogP contribution in [0, 0.1) is 0 Å². The van der Waals surface area contributed by atoms with Gasteiger partial charge in [-0.05, 0) is 24.3 Å². The van der Waals surface area contributed by atoms with Crippen LogP contribution in [-0.2, 0) is 0 Å². The van der Waals surface area contributed by atoms with Crippen molar-refractivity contribution in [3.05, 3.63) is 53.6 Å². The number of fused-ring (bicyclic) bond motifs is 1. The standard InChI is InChI=1S/C18H17NO5/c1-22-15-8-7-12(11-16(15)23-2)24-10-9-19-17(20)13-5-3-4-6-14(13)18(19)21/h3-8,11H,9-10H2,1-2H3. The van der Waals surface area contributed by atoms with Crippen molar-refractivity contribution in [3.8, 4) is 17.2 Å². The molecule has 0 radical (unpaired) electrons. The maximum Gasteiger partial charge on any atom is 0.261 e. The second kappa shape index (κ2) is 6.62. The molecule has 2 aromatic rings. The largest absolute Gasteiger partial charge is 0.493 e. The number of hydrogen-bond donors (Lipinski definition) is 0. The fourth-order valence-corrected chi connectivity index (χ4v) is 2.60. The molecule has 2 aromatic carbocycles. The van der Waals surface area contributed by atoms with E-state index in [2.05, 4.69) is 0 Å². The van der Waals surface area contributed by atoms with Gasteiger partial charge < -0.3 is 14.2 Å². The molecule has 0 saturated heterocycles. The van der Waals surface area contributed by atoms with Gasteiger partial charge in [0.1, 0.15) is 12.4 Å². The Morgan fingerprint density at radius 2 is 1.50 bits per heavy atom. The first-order valence-electron chi connectivity index (χ1n) is 7.45. The first-order chi connectivity index (χ1) is 11.7. The van der Waals surface area contributed by atoms with E-state index in [9.17, 15) is 9.59 Å². The summed E-state index contributed by atoms with van der Waals surface area (Å²) in [6, 6.07) is 12.0. The van der Waals surface area contributed by atoms with Crippen LogP contribution in [0.25, 0.3) is 0 Å². The predicted octanol–water partition coefficient (Wildman–Crippen LogP) is 2.38. The van der Waals surface area contributed by atoms with Gasteiger partial charge in [-0.25, -0.2) is 0 Å². The zero-order valence-corrected chi connectivity index (χ0v) is 13.4. The lowest BCUT2D eigenvalue weighted by Crippen LogP contribution is -2.33. The molecule has 0 aliphatic carbocycles. The van der Waals surface area contributed by atoms with Gasteiger partial charge >= 0.3 is 0 Å². The highest BCUT2D eigenvalue weighted by Gasteiger charge is 2.34. The van der Waals surface area contributed by atoms with Crippen LogP contribution in [0.3, 0.4) is 0 Å². The molecule has 124 valence electrons. The minimum absolute atomic E-state index is 0.181. The third-order valence-electron chi connectivity index (χ3n) is 3.82. The molecule has 0 fully saturated rings. The molecule has 6 heteroatoms. The summed E-state index contributed by atoms with van der Waals surface area (Å²) in [5, 5.41) is 0. The van der Waals surface area contributed by atoms with Crippen molar-refractivity contribution in [1.82, 2.24) is 4.90 Å². The van der Waals surface area contributed by atoms with E-state index in [1.54, 1.807) is 56.7 Å². The molecule has 0 unspecified atom stereocenters. The molecule has 24 heavy (non-hydrogen) atoms. The number of methoxy groups -OCH3 is 2. The summed E-state index contributed by atoms with van der Waals surface area (Å²) < 4.78 is 16.0. The number of imide groups is 1. The quantitative estimate of drug-likeness (QED) is 0.762. The summed E-state index contributed by atoms with van der Waals surface area (Å²) >= 11 is 0. The third-order valence-corrected chi connectivity index (χ3v) is 3.82. The summed E-state index contributed by atoms with van der Waals surface area (Å²) in [6.45, 7) is 0.377. The summed E-state index contributed by atoms with van der Waals surface area (Å²) in [5.74, 6) is 1.16. The van der Waals surface area contributed by atoms with E-state index in [1.165, 1.54) is 4.90 Å². The van der Waals surface area contributed by atoms with Gasteiger partial charge in [0.25, 0.3) is 11.8 Å². The van der Waals surface area contributed by atoms with Crippen LogP contribution < -0.4 is 14.2 Å². The smallest absolute Gasteiger partial charge is 0.261 e. The van der Waals surface area contributed by atoms with Gasteiger partial charge in [0.2, 0.25) is 0 Å². The maximum atomic E-state index is 12.2. The molecule has 3 rings (SSSR count). The van der Waals surface area contributed by atoms with Crippen LogP contribution in [0.5, 0.6) is 17.2 Å². The zero-order valence-electron chi connectivity index (χ0n) is 13.4. The molecule has 0 N–H and O–H groups in total. The Kier molecular flexibility index (Phi) is 4.37. The highest BCUT2D eigenvalue weighted by atomic mass is 16.5. The summed E-state index contributed by atoms with van der Waals surface area (Å²) in [4.78, 5) is 25.7. The lowest BCUT2D eigenvalue weighted by molar-refractivity contribution is 0.0631. The number of hydrogen-bond acceptors (Lipinski definition) is 5. The summed E-state index contributed by atoms with van der Waals surface area (Å²) in [7, 11) is 3.10. The van der Waals surface area contributed by atoms with Gasteiger partial charge in [0.05, 0.1) is 31.9 Å². The Morgan fingerprint density at radius 3 is 2.08 bits per heavy atom. The van der Waals surface area contributed by atoms with Crippen molar-refractivity contribution in [2.45, 2.75) is 0 Å². The topological polar surface area (TPSA) is 65.1 Å². The Morgan fingerprint density at radius 1 is 0.875 bits per heavy atom. The fourth-order valence-electron chi connectivity index (χ4n) is 2.60. The van der Waals surface area contributed by atoms with Crippen molar-refractivity contribution in [1.29, 1.82) is 0 Å². The number of benzene rings is 2. The van der Waals surface area contributed by atoms with Crippen molar-refractivity contribution >= 4 is 11.8 Å². The molecule has 0 spiro atoms. The lowest BCUT2D eigenvalue weighted by Gasteiger charge is -2.15. The molecule has 0 aromatic heterocycles. The van der Waals surface area contributed by atoms with E-state index in [0.717, 1.165) is 0 Å². The molecule has 1 aliphatic rings. The van der Waals surface area contributed by atoms with Crippen molar-refractivity contribution < 1.29 is 23.8 Å². The van der Waals surface area contributed by atoms with E-state index in [0.29, 0.717) is 28.4 Å². The predicted molar refractivity (Wildman–Crippen MR) is 86.9 cm³/mol. The third kappa shape index (κ3) is 2.78. The maximum absolute atomic E-state index is 12.2. The van der Waals surface area contributed by atoms with E-state index in [4.69, 9.17) is 14.2 Å². The number of carbonyl (C=O) groups excluding carboxylic acids is 2. The second-order valence-electron chi connectivity index (χ2n) is 5.17. The van der Waals surface area contributed by atoms with Gasteiger partial charge in [-0.3, -0.25) is 14.5 Å². The van der Waals surface area contributed by atoms with Gasteiger partial charge in [0, 0.05) is 6.07 Å². The van der Waals surface area contributed by atoms with Crippen LogP contribution in [0.1, 0.15) is 20.7 Å². The Labute approximate surface area is 139 Å². The van der Waals surface area contributed by atoms with Crippen LogP contribution in [0.15, 0.2) is 42.5 Å². The van der Waals surface area contributed by atoms with Crippen molar-refractivity contribution in [2.24, 2.45) is 0 Å². The lowest BCUT2D eigenvalue weighted by atomic mass is 10.1. The monoisotopic (exact) mass is 327 g/mol. The average molecular weight is 327 g/mol.